The highest BCUT2D eigenvalue weighted by Crippen LogP contribution is 2.49. The molecule has 5 aromatic rings. The number of hydrogen-bond donors (Lipinski definition) is 0. The molecule has 2 fully saturated rings. The lowest BCUT2D eigenvalue weighted by atomic mass is 9.77. The number of piperidine rings is 2. The molecule has 0 saturated carbocycles. The second-order valence-corrected chi connectivity index (χ2v) is 16.5. The number of carbonyl (C=O) groups is 1. The second kappa shape index (κ2) is 12.3. The lowest BCUT2D eigenvalue weighted by Crippen LogP contribution is -2.61. The molecule has 5 aromatic carbocycles. The first-order chi connectivity index (χ1) is 23.0. The average Bonchev–Trinajstić information content (AvgIpc) is 3.08. The van der Waals surface area contributed by atoms with Crippen molar-refractivity contribution in [2.24, 2.45) is 5.92 Å². The van der Waals surface area contributed by atoms with E-state index in [1.54, 1.807) is 42.5 Å². The van der Waals surface area contributed by atoms with Gasteiger partial charge in [-0.05, 0) is 66.9 Å². The van der Waals surface area contributed by atoms with E-state index >= 15 is 4.39 Å². The SMILES string of the molecule is Cc1ccc(S(=O)(=O)N2C[C@H]3C(=O)CC(c4ccccc4F)N(S(=O)(=O)c4ccc(C)cc4)[C@H]3C[C@H]2c2cccc3ccccc23)cc1. The summed E-state index contributed by atoms with van der Waals surface area (Å²) in [6.07, 6.45) is -0.296. The summed E-state index contributed by atoms with van der Waals surface area (Å²) < 4.78 is 76.5. The molecule has 0 aromatic heterocycles. The van der Waals surface area contributed by atoms with Crippen LogP contribution in [0.15, 0.2) is 125 Å². The number of ketones is 1. The number of hydrogen-bond acceptors (Lipinski definition) is 5. The van der Waals surface area contributed by atoms with Crippen molar-refractivity contribution in [2.45, 2.75) is 54.6 Å². The van der Waals surface area contributed by atoms with Crippen LogP contribution in [0, 0.1) is 25.6 Å². The smallest absolute Gasteiger partial charge is 0.243 e. The van der Waals surface area contributed by atoms with E-state index in [2.05, 4.69) is 0 Å². The Morgan fingerprint density at radius 1 is 0.646 bits per heavy atom. The second-order valence-electron chi connectivity index (χ2n) is 12.7. The van der Waals surface area contributed by atoms with Gasteiger partial charge in [-0.1, -0.05) is 96.1 Å². The Kier molecular flexibility index (Phi) is 8.31. The van der Waals surface area contributed by atoms with Crippen LogP contribution < -0.4 is 0 Å². The highest BCUT2D eigenvalue weighted by molar-refractivity contribution is 7.89. The molecule has 0 aliphatic carbocycles. The first kappa shape index (κ1) is 32.3. The summed E-state index contributed by atoms with van der Waals surface area (Å²) in [5.41, 5.74) is 2.58. The van der Waals surface area contributed by atoms with Crippen LogP contribution in [-0.4, -0.2) is 43.8 Å². The van der Waals surface area contributed by atoms with Gasteiger partial charge >= 0.3 is 0 Å². The van der Waals surface area contributed by atoms with Crippen molar-refractivity contribution in [2.75, 3.05) is 6.54 Å². The Morgan fingerprint density at radius 3 is 1.88 bits per heavy atom. The monoisotopic (exact) mass is 682 g/mol. The van der Waals surface area contributed by atoms with Crippen molar-refractivity contribution in [3.63, 3.8) is 0 Å². The maximum atomic E-state index is 15.5. The van der Waals surface area contributed by atoms with Crippen molar-refractivity contribution in [1.29, 1.82) is 0 Å². The van der Waals surface area contributed by atoms with E-state index in [-0.39, 0.29) is 40.5 Å². The van der Waals surface area contributed by atoms with Crippen LogP contribution in [0.4, 0.5) is 4.39 Å². The maximum Gasteiger partial charge on any atom is 0.243 e. The molecule has 0 bridgehead atoms. The van der Waals surface area contributed by atoms with Gasteiger partial charge in [0.05, 0.1) is 21.9 Å². The number of halogens is 1. The zero-order valence-corrected chi connectivity index (χ0v) is 28.2. The van der Waals surface area contributed by atoms with Crippen LogP contribution in [-0.2, 0) is 24.8 Å². The van der Waals surface area contributed by atoms with E-state index in [1.807, 2.05) is 56.3 Å². The zero-order chi connectivity index (χ0) is 33.8. The molecular formula is C38H35FN2O5S2. The molecule has 7 rings (SSSR count). The van der Waals surface area contributed by atoms with E-state index in [9.17, 15) is 21.6 Å². The third-order valence-corrected chi connectivity index (χ3v) is 13.6. The van der Waals surface area contributed by atoms with Gasteiger partial charge in [-0.25, -0.2) is 21.2 Å². The van der Waals surface area contributed by atoms with Crippen LogP contribution >= 0.6 is 0 Å². The van der Waals surface area contributed by atoms with Crippen LogP contribution in [0.5, 0.6) is 0 Å². The normalized spacial score (nSPS) is 22.4. The molecule has 246 valence electrons. The highest BCUT2D eigenvalue weighted by atomic mass is 32.2. The molecule has 4 atom stereocenters. The molecule has 2 aliphatic heterocycles. The Morgan fingerprint density at radius 2 is 1.21 bits per heavy atom. The molecule has 1 unspecified atom stereocenters. The number of aryl methyl sites for hydroxylation is 2. The van der Waals surface area contributed by atoms with Gasteiger partial charge in [0, 0.05) is 30.5 Å². The first-order valence-corrected chi connectivity index (χ1v) is 18.8. The summed E-state index contributed by atoms with van der Waals surface area (Å²) in [5, 5.41) is 1.73. The maximum absolute atomic E-state index is 15.5. The van der Waals surface area contributed by atoms with E-state index in [0.717, 1.165) is 21.9 Å². The number of nitrogens with zero attached hydrogens (tertiary/aromatic N) is 2. The fraction of sp³-hybridized carbons (Fsp3) is 0.237. The Bertz CT molecular complexity index is 2230. The van der Waals surface area contributed by atoms with Crippen LogP contribution in [0.2, 0.25) is 0 Å². The van der Waals surface area contributed by atoms with Crippen LogP contribution in [0.1, 0.15) is 47.2 Å². The minimum absolute atomic E-state index is 0.00838. The van der Waals surface area contributed by atoms with E-state index in [1.165, 1.54) is 38.9 Å². The minimum atomic E-state index is -4.30. The van der Waals surface area contributed by atoms with Crippen molar-refractivity contribution in [1.82, 2.24) is 8.61 Å². The van der Waals surface area contributed by atoms with Gasteiger partial charge in [-0.2, -0.15) is 8.61 Å². The molecule has 0 N–H and O–H groups in total. The number of rotatable bonds is 6. The van der Waals surface area contributed by atoms with E-state index < -0.39 is 49.9 Å². The van der Waals surface area contributed by atoms with Crippen molar-refractivity contribution >= 4 is 36.6 Å². The molecule has 0 radical (unpaired) electrons. The Hall–Kier alpha value is -4.22. The summed E-state index contributed by atoms with van der Waals surface area (Å²) >= 11 is 0. The number of Topliss-reactive ketones (excluding diaryl/α,β-unsaturated/α-hetero) is 1. The molecule has 0 spiro atoms. The summed E-state index contributed by atoms with van der Waals surface area (Å²) in [5.74, 6) is -1.88. The van der Waals surface area contributed by atoms with Gasteiger partial charge in [-0.15, -0.1) is 0 Å². The molecule has 7 nitrogen and oxygen atoms in total. The Balaban J connectivity index is 1.43. The van der Waals surface area contributed by atoms with Crippen molar-refractivity contribution in [3.05, 3.63) is 143 Å². The summed E-state index contributed by atoms with van der Waals surface area (Å²) in [6, 6.07) is 29.4. The third kappa shape index (κ3) is 5.56. The molecule has 2 saturated heterocycles. The van der Waals surface area contributed by atoms with Gasteiger partial charge in [0.1, 0.15) is 11.6 Å². The fourth-order valence-corrected chi connectivity index (χ4v) is 10.8. The van der Waals surface area contributed by atoms with Gasteiger partial charge in [0.25, 0.3) is 0 Å². The lowest BCUT2D eigenvalue weighted by Gasteiger charge is -2.51. The standard InChI is InChI=1S/C38H35FN2O5S2/c1-25-14-18-28(19-15-25)47(43,44)40-24-33-36(22-35(40)31-12-7-9-27-8-3-4-10-30(27)31)41(48(45,46)29-20-16-26(2)17-21-29)37(23-38(33)42)32-11-5-6-13-34(32)39/h3-21,33,35-37H,22-24H2,1-2H3/t33-,35+,36+,37?/m1/s1. The first-order valence-electron chi connectivity index (χ1n) is 15.9. The molecule has 48 heavy (non-hydrogen) atoms. The van der Waals surface area contributed by atoms with Gasteiger partial charge < -0.3 is 0 Å². The van der Waals surface area contributed by atoms with Crippen molar-refractivity contribution < 1.29 is 26.0 Å². The number of fused-ring (bicyclic) bond motifs is 2. The van der Waals surface area contributed by atoms with Crippen LogP contribution in [0.3, 0.4) is 0 Å². The molecule has 0 amide bonds. The predicted octanol–water partition coefficient (Wildman–Crippen LogP) is 7.12. The number of carbonyl (C=O) groups excluding carboxylic acids is 1. The van der Waals surface area contributed by atoms with Crippen molar-refractivity contribution in [3.8, 4) is 0 Å². The predicted molar refractivity (Wildman–Crippen MR) is 183 cm³/mol. The summed E-state index contributed by atoms with van der Waals surface area (Å²) in [6.45, 7) is 3.50. The molecule has 2 heterocycles. The third-order valence-electron chi connectivity index (χ3n) is 9.77. The van der Waals surface area contributed by atoms with Gasteiger partial charge in [0.15, 0.2) is 0 Å². The Labute approximate surface area is 280 Å². The topological polar surface area (TPSA) is 91.8 Å². The molecule has 10 heteroatoms. The van der Waals surface area contributed by atoms with E-state index in [0.29, 0.717) is 5.56 Å². The van der Waals surface area contributed by atoms with Gasteiger partial charge in [-0.3, -0.25) is 4.79 Å². The van der Waals surface area contributed by atoms with E-state index in [4.69, 9.17) is 0 Å². The largest absolute Gasteiger partial charge is 0.299 e. The zero-order valence-electron chi connectivity index (χ0n) is 26.5. The average molecular weight is 683 g/mol. The quantitative estimate of drug-likeness (QED) is 0.190. The van der Waals surface area contributed by atoms with Gasteiger partial charge in [0.2, 0.25) is 20.0 Å². The summed E-state index contributed by atoms with van der Waals surface area (Å²) in [7, 11) is -8.45. The lowest BCUT2D eigenvalue weighted by molar-refractivity contribution is -0.132. The number of benzene rings is 5. The minimum Gasteiger partial charge on any atom is -0.299 e. The molecule has 2 aliphatic rings. The fourth-order valence-electron chi connectivity index (χ4n) is 7.32. The highest BCUT2D eigenvalue weighted by Gasteiger charge is 2.55. The van der Waals surface area contributed by atoms with Crippen LogP contribution in [0.25, 0.3) is 10.8 Å². The summed E-state index contributed by atoms with van der Waals surface area (Å²) in [4.78, 5) is 14.2. The number of sulfonamides is 2. The molecular weight excluding hydrogens is 648 g/mol.